The van der Waals surface area contributed by atoms with Gasteiger partial charge < -0.3 is 39.6 Å². The molecule has 0 bridgehead atoms. The van der Waals surface area contributed by atoms with Crippen molar-refractivity contribution in [3.63, 3.8) is 0 Å². The fourth-order valence-electron chi connectivity index (χ4n) is 4.31. The van der Waals surface area contributed by atoms with E-state index >= 15 is 0 Å². The molecule has 12 heteroatoms. The van der Waals surface area contributed by atoms with Crippen LogP contribution in [0.1, 0.15) is 83.7 Å². The number of aliphatic hydroxyl groups excluding tert-OH is 1. The van der Waals surface area contributed by atoms with E-state index < -0.39 is 48.0 Å². The standard InChI is InChI=1S/C20H18O8.C16H25NO3/c1-11-3-7-13(8-4-11)19(25)27-15(17(21)22)16(18(23)24)28-20(26)14-9-5-12(2)6-10-14;1-15(2,3)17-9-13(18)11-6-7-14-12(8-11)10-19-16(4,5)20-14/h3-10,15-16H,1-2H3,(H,21,22)(H,23,24);6-8,13,17-18H,9-10H2,1-5H3/t15-,16-;13-/m10/s1. The summed E-state index contributed by atoms with van der Waals surface area (Å²) in [6.45, 7) is 14.6. The summed E-state index contributed by atoms with van der Waals surface area (Å²) in [7, 11) is 0. The Balaban J connectivity index is 0.000000275. The normalized spacial score (nSPS) is 15.2. The number of rotatable bonds is 10. The molecule has 0 fully saturated rings. The highest BCUT2D eigenvalue weighted by Crippen LogP contribution is 2.33. The summed E-state index contributed by atoms with van der Waals surface area (Å²) in [5.74, 6) is -5.37. The predicted molar refractivity (Wildman–Crippen MR) is 175 cm³/mol. The minimum Gasteiger partial charge on any atom is -0.478 e. The quantitative estimate of drug-likeness (QED) is 0.214. The number of carboxylic acids is 2. The molecule has 1 heterocycles. The van der Waals surface area contributed by atoms with Crippen molar-refractivity contribution in [2.75, 3.05) is 6.54 Å². The summed E-state index contributed by atoms with van der Waals surface area (Å²) in [5.41, 5.74) is 3.65. The maximum atomic E-state index is 12.2. The van der Waals surface area contributed by atoms with Crippen LogP contribution in [-0.4, -0.2) is 69.3 Å². The summed E-state index contributed by atoms with van der Waals surface area (Å²) in [4.78, 5) is 47.3. The number of carbonyl (C=O) groups excluding carboxylic acids is 2. The number of hydrogen-bond acceptors (Lipinski definition) is 10. The molecule has 0 aliphatic carbocycles. The van der Waals surface area contributed by atoms with Crippen molar-refractivity contribution in [2.45, 2.75) is 84.7 Å². The third-order valence-electron chi connectivity index (χ3n) is 7.03. The zero-order valence-electron chi connectivity index (χ0n) is 28.1. The second-order valence-corrected chi connectivity index (χ2v) is 12.9. The van der Waals surface area contributed by atoms with E-state index in [4.69, 9.17) is 18.9 Å². The number of esters is 2. The van der Waals surface area contributed by atoms with Gasteiger partial charge in [-0.3, -0.25) is 0 Å². The summed E-state index contributed by atoms with van der Waals surface area (Å²) in [5, 5.41) is 32.2. The van der Waals surface area contributed by atoms with Gasteiger partial charge in [0.05, 0.1) is 23.8 Å². The van der Waals surface area contributed by atoms with E-state index in [0.717, 1.165) is 28.0 Å². The van der Waals surface area contributed by atoms with Gasteiger partial charge in [-0.2, -0.15) is 0 Å². The molecule has 3 aromatic carbocycles. The first-order valence-corrected chi connectivity index (χ1v) is 15.2. The lowest BCUT2D eigenvalue weighted by molar-refractivity contribution is -0.180. The summed E-state index contributed by atoms with van der Waals surface area (Å²) in [6, 6.07) is 17.8. The monoisotopic (exact) mass is 665 g/mol. The fraction of sp³-hybridized carbons (Fsp3) is 0.389. The van der Waals surface area contributed by atoms with Gasteiger partial charge in [-0.25, -0.2) is 19.2 Å². The molecule has 12 nitrogen and oxygen atoms in total. The van der Waals surface area contributed by atoms with Crippen LogP contribution in [0.4, 0.5) is 0 Å². The first kappa shape index (κ1) is 37.7. The molecule has 0 aromatic heterocycles. The molecule has 0 unspecified atom stereocenters. The Labute approximate surface area is 279 Å². The van der Waals surface area contributed by atoms with Crippen molar-refractivity contribution in [3.8, 4) is 5.75 Å². The Morgan fingerprint density at radius 3 is 1.69 bits per heavy atom. The van der Waals surface area contributed by atoms with Crippen molar-refractivity contribution >= 4 is 23.9 Å². The zero-order chi connectivity index (χ0) is 35.8. The van der Waals surface area contributed by atoms with Crippen LogP contribution in [0.3, 0.4) is 0 Å². The number of aliphatic hydroxyl groups is 1. The lowest BCUT2D eigenvalue weighted by atomic mass is 10.0. The van der Waals surface area contributed by atoms with Crippen LogP contribution >= 0.6 is 0 Å². The molecule has 0 radical (unpaired) electrons. The minimum atomic E-state index is -2.22. The smallest absolute Gasteiger partial charge is 0.349 e. The van der Waals surface area contributed by atoms with Gasteiger partial charge in [0, 0.05) is 31.5 Å². The van der Waals surface area contributed by atoms with Crippen molar-refractivity contribution in [1.29, 1.82) is 0 Å². The van der Waals surface area contributed by atoms with Gasteiger partial charge in [0.25, 0.3) is 0 Å². The molecule has 258 valence electrons. The molecule has 48 heavy (non-hydrogen) atoms. The van der Waals surface area contributed by atoms with Gasteiger partial charge >= 0.3 is 23.9 Å². The Morgan fingerprint density at radius 1 is 0.812 bits per heavy atom. The fourth-order valence-corrected chi connectivity index (χ4v) is 4.31. The van der Waals surface area contributed by atoms with Gasteiger partial charge in [0.15, 0.2) is 0 Å². The van der Waals surface area contributed by atoms with Crippen molar-refractivity contribution < 1.29 is 53.4 Å². The molecule has 1 aliphatic heterocycles. The SMILES string of the molecule is CC(C)(C)NC[C@H](O)c1ccc2c(c1)COC(C)(C)O2.Cc1ccc(C(=O)O[C@@H](C(=O)O)[C@@H](OC(=O)c2ccc(C)cc2)C(=O)O)cc1. The Bertz CT molecular complexity index is 1520. The van der Waals surface area contributed by atoms with Crippen LogP contribution in [0, 0.1) is 13.8 Å². The van der Waals surface area contributed by atoms with Crippen LogP contribution in [0.5, 0.6) is 5.75 Å². The topological polar surface area (TPSA) is 178 Å². The van der Waals surface area contributed by atoms with Gasteiger partial charge in [-0.15, -0.1) is 0 Å². The molecule has 0 amide bonds. The number of ether oxygens (including phenoxy) is 4. The van der Waals surface area contributed by atoms with Crippen LogP contribution in [0.2, 0.25) is 0 Å². The molecule has 4 N–H and O–H groups in total. The van der Waals surface area contributed by atoms with Crippen LogP contribution < -0.4 is 10.1 Å². The van der Waals surface area contributed by atoms with E-state index in [-0.39, 0.29) is 16.7 Å². The van der Waals surface area contributed by atoms with Crippen molar-refractivity contribution in [1.82, 2.24) is 5.32 Å². The summed E-state index contributed by atoms with van der Waals surface area (Å²) in [6.07, 6.45) is -4.98. The minimum absolute atomic E-state index is 0.00850. The predicted octanol–water partition coefficient (Wildman–Crippen LogP) is 4.98. The zero-order valence-corrected chi connectivity index (χ0v) is 28.1. The average Bonchev–Trinajstić information content (AvgIpc) is 3.01. The number of aryl methyl sites for hydroxylation is 2. The van der Waals surface area contributed by atoms with E-state index in [0.29, 0.717) is 13.2 Å². The molecule has 0 saturated carbocycles. The Kier molecular flexibility index (Phi) is 12.5. The molecule has 3 atom stereocenters. The first-order valence-electron chi connectivity index (χ1n) is 15.2. The van der Waals surface area contributed by atoms with E-state index in [1.807, 2.05) is 32.0 Å². The van der Waals surface area contributed by atoms with Crippen LogP contribution in [0.15, 0.2) is 66.7 Å². The van der Waals surface area contributed by atoms with E-state index in [9.17, 15) is 34.5 Å². The third-order valence-corrected chi connectivity index (χ3v) is 7.03. The van der Waals surface area contributed by atoms with Crippen LogP contribution in [-0.2, 0) is 30.4 Å². The molecule has 1 aliphatic rings. The highest BCUT2D eigenvalue weighted by molar-refractivity contribution is 5.95. The average molecular weight is 666 g/mol. The summed E-state index contributed by atoms with van der Waals surface area (Å²) >= 11 is 0. The van der Waals surface area contributed by atoms with Crippen molar-refractivity contribution in [3.05, 3.63) is 100 Å². The largest absolute Gasteiger partial charge is 0.478 e. The van der Waals surface area contributed by atoms with Crippen LogP contribution in [0.25, 0.3) is 0 Å². The molecule has 4 rings (SSSR count). The number of aliphatic carboxylic acids is 2. The first-order chi connectivity index (χ1) is 22.3. The van der Waals surface area contributed by atoms with Gasteiger partial charge in [-0.1, -0.05) is 41.5 Å². The lowest BCUT2D eigenvalue weighted by Gasteiger charge is -2.33. The number of fused-ring (bicyclic) bond motifs is 1. The summed E-state index contributed by atoms with van der Waals surface area (Å²) < 4.78 is 21.0. The third kappa shape index (κ3) is 11.2. The van der Waals surface area contributed by atoms with Gasteiger partial charge in [0.1, 0.15) is 5.75 Å². The second kappa shape index (κ2) is 15.9. The molecule has 0 saturated heterocycles. The number of carbonyl (C=O) groups is 4. The maximum Gasteiger partial charge on any atom is 0.349 e. The lowest BCUT2D eigenvalue weighted by Crippen LogP contribution is -2.45. The van der Waals surface area contributed by atoms with Gasteiger partial charge in [-0.05, 0) is 76.6 Å². The van der Waals surface area contributed by atoms with Crippen molar-refractivity contribution in [2.24, 2.45) is 0 Å². The second-order valence-electron chi connectivity index (χ2n) is 12.9. The highest BCUT2D eigenvalue weighted by Gasteiger charge is 2.41. The number of β-amino-alcohol motifs (C(OH)–C–C–N with tert-alkyl or cyclic N) is 1. The van der Waals surface area contributed by atoms with E-state index in [1.54, 1.807) is 38.1 Å². The number of hydrogen-bond donors (Lipinski definition) is 4. The molecular formula is C36H43NO11. The molecular weight excluding hydrogens is 622 g/mol. The molecule has 0 spiro atoms. The number of benzene rings is 3. The van der Waals surface area contributed by atoms with E-state index in [1.165, 1.54) is 24.3 Å². The Hall–Kier alpha value is -4.78. The highest BCUT2D eigenvalue weighted by atomic mass is 16.7. The maximum absolute atomic E-state index is 12.2. The van der Waals surface area contributed by atoms with Gasteiger partial charge in [0.2, 0.25) is 18.0 Å². The number of nitrogens with one attached hydrogen (secondary N) is 1. The Morgan fingerprint density at radius 2 is 1.27 bits per heavy atom. The number of carboxylic acid groups (broad SMARTS) is 2. The van der Waals surface area contributed by atoms with E-state index in [2.05, 4.69) is 26.1 Å². The molecule has 3 aromatic rings.